The molecule has 3 rings (SSSR count). The van der Waals surface area contributed by atoms with Gasteiger partial charge in [-0.05, 0) is 25.0 Å². The van der Waals surface area contributed by atoms with Crippen LogP contribution in [-0.4, -0.2) is 53.5 Å². The second kappa shape index (κ2) is 9.02. The molecule has 1 aromatic carbocycles. The van der Waals surface area contributed by atoms with E-state index in [1.54, 1.807) is 0 Å². The van der Waals surface area contributed by atoms with Crippen molar-refractivity contribution in [1.29, 1.82) is 0 Å². The molecule has 2 heterocycles. The molecule has 2 aliphatic heterocycles. The second-order valence-corrected chi connectivity index (χ2v) is 7.46. The SMILES string of the molecule is COc1ccc(NC(=O)C[C@H]2SC(=NC[C@H]3CCCO3)NC2=O)c([N+](=O)[O-])c1. The summed E-state index contributed by atoms with van der Waals surface area (Å²) in [5.74, 6) is -0.501. The molecule has 1 aromatic rings. The van der Waals surface area contributed by atoms with E-state index in [4.69, 9.17) is 9.47 Å². The third-order valence-corrected chi connectivity index (χ3v) is 5.41. The van der Waals surface area contributed by atoms with Gasteiger partial charge in [-0.3, -0.25) is 24.7 Å². The van der Waals surface area contributed by atoms with Crippen LogP contribution in [0.4, 0.5) is 11.4 Å². The van der Waals surface area contributed by atoms with E-state index in [2.05, 4.69) is 15.6 Å². The lowest BCUT2D eigenvalue weighted by Crippen LogP contribution is -2.28. The van der Waals surface area contributed by atoms with Gasteiger partial charge in [0.15, 0.2) is 5.17 Å². The fourth-order valence-electron chi connectivity index (χ4n) is 2.85. The molecule has 2 saturated heterocycles. The molecule has 0 unspecified atom stereocenters. The number of anilines is 1. The highest BCUT2D eigenvalue weighted by atomic mass is 32.2. The first-order valence-corrected chi connectivity index (χ1v) is 9.60. The van der Waals surface area contributed by atoms with Crippen molar-refractivity contribution in [1.82, 2.24) is 5.32 Å². The van der Waals surface area contributed by atoms with Crippen molar-refractivity contribution in [2.24, 2.45) is 4.99 Å². The van der Waals surface area contributed by atoms with Crippen molar-refractivity contribution < 1.29 is 24.0 Å². The number of carbonyl (C=O) groups excluding carboxylic acids is 2. The summed E-state index contributed by atoms with van der Waals surface area (Å²) in [7, 11) is 1.39. The molecule has 2 fully saturated rings. The van der Waals surface area contributed by atoms with Crippen LogP contribution in [-0.2, 0) is 14.3 Å². The van der Waals surface area contributed by atoms with Crippen molar-refractivity contribution in [3.8, 4) is 5.75 Å². The molecule has 28 heavy (non-hydrogen) atoms. The molecule has 10 nitrogen and oxygen atoms in total. The van der Waals surface area contributed by atoms with Gasteiger partial charge in [-0.1, -0.05) is 11.8 Å². The largest absolute Gasteiger partial charge is 0.496 e. The third-order valence-electron chi connectivity index (χ3n) is 4.29. The van der Waals surface area contributed by atoms with Gasteiger partial charge in [0.2, 0.25) is 11.8 Å². The number of nitro benzene ring substituents is 1. The van der Waals surface area contributed by atoms with Crippen LogP contribution in [0.3, 0.4) is 0 Å². The Balaban J connectivity index is 1.58. The molecule has 11 heteroatoms. The number of thioether (sulfide) groups is 1. The zero-order valence-electron chi connectivity index (χ0n) is 15.2. The van der Waals surface area contributed by atoms with Gasteiger partial charge in [-0.25, -0.2) is 0 Å². The van der Waals surface area contributed by atoms with Gasteiger partial charge in [0.25, 0.3) is 5.69 Å². The maximum Gasteiger partial charge on any atom is 0.296 e. The fraction of sp³-hybridized carbons (Fsp3) is 0.471. The van der Waals surface area contributed by atoms with Gasteiger partial charge in [0.05, 0.1) is 30.7 Å². The molecule has 0 radical (unpaired) electrons. The minimum Gasteiger partial charge on any atom is -0.496 e. The van der Waals surface area contributed by atoms with E-state index in [1.807, 2.05) is 0 Å². The van der Waals surface area contributed by atoms with E-state index in [9.17, 15) is 19.7 Å². The summed E-state index contributed by atoms with van der Waals surface area (Å²) in [5.41, 5.74) is -0.235. The number of ether oxygens (including phenoxy) is 2. The topological polar surface area (TPSA) is 132 Å². The van der Waals surface area contributed by atoms with Gasteiger partial charge in [-0.2, -0.15) is 0 Å². The number of nitrogens with one attached hydrogen (secondary N) is 2. The minimum absolute atomic E-state index is 0.0477. The summed E-state index contributed by atoms with van der Waals surface area (Å²) >= 11 is 1.18. The maximum absolute atomic E-state index is 12.3. The molecule has 0 spiro atoms. The Morgan fingerprint density at radius 2 is 2.36 bits per heavy atom. The molecule has 2 N–H and O–H groups in total. The Morgan fingerprint density at radius 3 is 3.04 bits per heavy atom. The summed E-state index contributed by atoms with van der Waals surface area (Å²) in [6, 6.07) is 4.13. The summed E-state index contributed by atoms with van der Waals surface area (Å²) in [4.78, 5) is 39.3. The van der Waals surface area contributed by atoms with Gasteiger partial charge < -0.3 is 20.1 Å². The van der Waals surface area contributed by atoms with Crippen LogP contribution in [0, 0.1) is 10.1 Å². The molecule has 2 atom stereocenters. The lowest BCUT2D eigenvalue weighted by atomic mass is 10.2. The van der Waals surface area contributed by atoms with Gasteiger partial charge in [0.1, 0.15) is 16.7 Å². The van der Waals surface area contributed by atoms with E-state index in [0.717, 1.165) is 19.4 Å². The predicted octanol–water partition coefficient (Wildman–Crippen LogP) is 1.70. The molecule has 0 bridgehead atoms. The average Bonchev–Trinajstić information content (AvgIpc) is 3.30. The number of amides is 2. The van der Waals surface area contributed by atoms with Crippen LogP contribution >= 0.6 is 11.8 Å². The molecule has 2 aliphatic rings. The number of nitro groups is 1. The van der Waals surface area contributed by atoms with Crippen LogP contribution in [0.2, 0.25) is 0 Å². The lowest BCUT2D eigenvalue weighted by Gasteiger charge is -2.09. The molecule has 0 aliphatic carbocycles. The number of hydrogen-bond acceptors (Lipinski definition) is 8. The summed E-state index contributed by atoms with van der Waals surface area (Å²) in [5, 5.41) is 16.2. The quantitative estimate of drug-likeness (QED) is 0.518. The first-order chi connectivity index (χ1) is 13.5. The van der Waals surface area contributed by atoms with Crippen LogP contribution < -0.4 is 15.4 Å². The molecule has 150 valence electrons. The van der Waals surface area contributed by atoms with Gasteiger partial charge >= 0.3 is 0 Å². The monoisotopic (exact) mass is 408 g/mol. The number of benzene rings is 1. The van der Waals surface area contributed by atoms with Crippen molar-refractivity contribution >= 4 is 40.1 Å². The van der Waals surface area contributed by atoms with Gasteiger partial charge in [-0.15, -0.1) is 0 Å². The first kappa shape index (κ1) is 20.1. The fourth-order valence-corrected chi connectivity index (χ4v) is 3.83. The number of carbonyl (C=O) groups is 2. The van der Waals surface area contributed by atoms with Crippen molar-refractivity contribution in [3.05, 3.63) is 28.3 Å². The highest BCUT2D eigenvalue weighted by molar-refractivity contribution is 8.15. The van der Waals surface area contributed by atoms with E-state index in [-0.39, 0.29) is 29.8 Å². The van der Waals surface area contributed by atoms with E-state index >= 15 is 0 Å². The average molecular weight is 408 g/mol. The number of aliphatic imine (C=N–C) groups is 1. The van der Waals surface area contributed by atoms with Crippen LogP contribution in [0.1, 0.15) is 19.3 Å². The summed E-state index contributed by atoms with van der Waals surface area (Å²) < 4.78 is 10.5. The minimum atomic E-state index is -0.638. The predicted molar refractivity (Wildman–Crippen MR) is 104 cm³/mol. The lowest BCUT2D eigenvalue weighted by molar-refractivity contribution is -0.384. The van der Waals surface area contributed by atoms with Crippen LogP contribution in [0.15, 0.2) is 23.2 Å². The van der Waals surface area contributed by atoms with E-state index in [1.165, 1.54) is 37.1 Å². The first-order valence-electron chi connectivity index (χ1n) is 8.72. The molecule has 0 aromatic heterocycles. The highest BCUT2D eigenvalue weighted by Crippen LogP contribution is 2.30. The van der Waals surface area contributed by atoms with Crippen molar-refractivity contribution in [2.45, 2.75) is 30.6 Å². The molecular formula is C17H20N4O6S. The zero-order chi connectivity index (χ0) is 20.1. The smallest absolute Gasteiger partial charge is 0.296 e. The normalized spacial score (nSPS) is 22.9. The Hall–Kier alpha value is -2.66. The number of rotatable bonds is 7. The molecule has 0 saturated carbocycles. The second-order valence-electron chi connectivity index (χ2n) is 6.27. The molecular weight excluding hydrogens is 388 g/mol. The maximum atomic E-state index is 12.3. The molecule has 2 amide bonds. The Labute approximate surface area is 165 Å². The Kier molecular flexibility index (Phi) is 6.47. The Bertz CT molecular complexity index is 809. The van der Waals surface area contributed by atoms with Crippen molar-refractivity contribution in [3.63, 3.8) is 0 Å². The number of amidine groups is 1. The van der Waals surface area contributed by atoms with E-state index in [0.29, 0.717) is 17.5 Å². The summed E-state index contributed by atoms with van der Waals surface area (Å²) in [6.45, 7) is 1.20. The highest BCUT2D eigenvalue weighted by Gasteiger charge is 2.32. The van der Waals surface area contributed by atoms with E-state index < -0.39 is 16.1 Å². The third kappa shape index (κ3) is 4.98. The Morgan fingerprint density at radius 1 is 1.54 bits per heavy atom. The summed E-state index contributed by atoms with van der Waals surface area (Å²) in [6.07, 6.45) is 1.90. The number of nitrogens with zero attached hydrogens (tertiary/aromatic N) is 2. The number of methoxy groups -OCH3 is 1. The van der Waals surface area contributed by atoms with Crippen molar-refractivity contribution in [2.75, 3.05) is 25.6 Å². The van der Waals surface area contributed by atoms with Gasteiger partial charge in [0, 0.05) is 13.0 Å². The van der Waals surface area contributed by atoms with Crippen LogP contribution in [0.25, 0.3) is 0 Å². The zero-order valence-corrected chi connectivity index (χ0v) is 16.0. The standard InChI is InChI=1S/C17H20N4O6S/c1-26-10-4-5-12(13(7-10)21(24)25)19-15(22)8-14-16(23)20-17(28-14)18-9-11-3-2-6-27-11/h4-5,7,11,14H,2-3,6,8-9H2,1H3,(H,19,22)(H,18,20,23)/t11-,14-/m1/s1. The number of hydrogen-bond donors (Lipinski definition) is 2. The van der Waals surface area contributed by atoms with Crippen LogP contribution in [0.5, 0.6) is 5.75 Å².